The van der Waals surface area contributed by atoms with E-state index in [0.29, 0.717) is 0 Å². The van der Waals surface area contributed by atoms with Gasteiger partial charge in [0.1, 0.15) is 0 Å². The van der Waals surface area contributed by atoms with Crippen LogP contribution in [0.5, 0.6) is 0 Å². The number of hydrogen-bond donors (Lipinski definition) is 1. The number of carbonyl (C=O) groups excluding carboxylic acids is 2. The highest BCUT2D eigenvalue weighted by Crippen LogP contribution is 2.14. The molecule has 2 rings (SSSR count). The van der Waals surface area contributed by atoms with Crippen LogP contribution in [-0.2, 0) is 16.1 Å². The molecule has 0 saturated carbocycles. The van der Waals surface area contributed by atoms with Crippen LogP contribution in [0, 0.1) is 0 Å². The summed E-state index contributed by atoms with van der Waals surface area (Å²) in [6.07, 6.45) is 1.26. The number of nitrogens with zero attached hydrogens (tertiary/aromatic N) is 2. The Morgan fingerprint density at radius 2 is 2.00 bits per heavy atom. The minimum Gasteiger partial charge on any atom is -0.340 e. The maximum Gasteiger partial charge on any atom is 0.247 e. The van der Waals surface area contributed by atoms with Crippen molar-refractivity contribution in [2.75, 3.05) is 31.5 Å². The van der Waals surface area contributed by atoms with Crippen molar-refractivity contribution in [3.8, 4) is 0 Å². The standard InChI is InChI=1S/C16H21N3O2/c1-3-16(21)17-15-6-4-5-14(11-15)12-18-7-9-19(10-8-18)13(2)20/h3-6,11H,1,7-10,12H2,2H3,(H,17,21). The van der Waals surface area contributed by atoms with Crippen molar-refractivity contribution in [1.29, 1.82) is 0 Å². The van der Waals surface area contributed by atoms with E-state index < -0.39 is 0 Å². The summed E-state index contributed by atoms with van der Waals surface area (Å²) in [4.78, 5) is 26.8. The molecule has 1 fully saturated rings. The molecule has 2 amide bonds. The predicted octanol–water partition coefficient (Wildman–Crippen LogP) is 1.48. The Morgan fingerprint density at radius 1 is 1.29 bits per heavy atom. The van der Waals surface area contributed by atoms with Gasteiger partial charge >= 0.3 is 0 Å². The third-order valence-electron chi connectivity index (χ3n) is 3.60. The van der Waals surface area contributed by atoms with E-state index in [1.807, 2.05) is 29.2 Å². The minimum absolute atomic E-state index is 0.142. The van der Waals surface area contributed by atoms with E-state index in [1.165, 1.54) is 6.08 Å². The van der Waals surface area contributed by atoms with Gasteiger partial charge in [-0.25, -0.2) is 0 Å². The molecule has 1 aromatic carbocycles. The van der Waals surface area contributed by atoms with Gasteiger partial charge in [0.2, 0.25) is 11.8 Å². The summed E-state index contributed by atoms with van der Waals surface area (Å²) in [6, 6.07) is 7.80. The van der Waals surface area contributed by atoms with Crippen molar-refractivity contribution >= 4 is 17.5 Å². The maximum atomic E-state index is 11.3. The van der Waals surface area contributed by atoms with E-state index in [-0.39, 0.29) is 11.8 Å². The second-order valence-corrected chi connectivity index (χ2v) is 5.18. The first-order valence-electron chi connectivity index (χ1n) is 7.08. The maximum absolute atomic E-state index is 11.3. The fourth-order valence-corrected chi connectivity index (χ4v) is 2.42. The predicted molar refractivity (Wildman–Crippen MR) is 82.8 cm³/mol. The number of piperazine rings is 1. The zero-order valence-corrected chi connectivity index (χ0v) is 12.3. The zero-order valence-electron chi connectivity index (χ0n) is 12.3. The Balaban J connectivity index is 1.91. The first kappa shape index (κ1) is 15.3. The third kappa shape index (κ3) is 4.43. The highest BCUT2D eigenvalue weighted by atomic mass is 16.2. The largest absolute Gasteiger partial charge is 0.340 e. The van der Waals surface area contributed by atoms with E-state index in [9.17, 15) is 9.59 Å². The number of amides is 2. The molecule has 5 nitrogen and oxygen atoms in total. The second-order valence-electron chi connectivity index (χ2n) is 5.18. The number of carbonyl (C=O) groups is 2. The topological polar surface area (TPSA) is 52.7 Å². The monoisotopic (exact) mass is 287 g/mol. The Kier molecular flexibility index (Phi) is 5.11. The number of hydrogen-bond acceptors (Lipinski definition) is 3. The van der Waals surface area contributed by atoms with Gasteiger partial charge in [-0.15, -0.1) is 0 Å². The Bertz CT molecular complexity index is 534. The molecule has 0 radical (unpaired) electrons. The molecule has 0 aromatic heterocycles. The van der Waals surface area contributed by atoms with Gasteiger partial charge in [-0.2, -0.15) is 0 Å². The lowest BCUT2D eigenvalue weighted by atomic mass is 10.1. The van der Waals surface area contributed by atoms with Crippen LogP contribution in [0.1, 0.15) is 12.5 Å². The SMILES string of the molecule is C=CC(=O)Nc1cccc(CN2CCN(C(C)=O)CC2)c1. The first-order chi connectivity index (χ1) is 10.1. The van der Waals surface area contributed by atoms with Gasteiger partial charge in [0.25, 0.3) is 0 Å². The third-order valence-corrected chi connectivity index (χ3v) is 3.60. The minimum atomic E-state index is -0.206. The van der Waals surface area contributed by atoms with Crippen LogP contribution in [0.2, 0.25) is 0 Å². The zero-order chi connectivity index (χ0) is 15.2. The lowest BCUT2D eigenvalue weighted by molar-refractivity contribution is -0.130. The smallest absolute Gasteiger partial charge is 0.247 e. The number of benzene rings is 1. The molecular weight excluding hydrogens is 266 g/mol. The van der Waals surface area contributed by atoms with E-state index >= 15 is 0 Å². The van der Waals surface area contributed by atoms with Crippen molar-refractivity contribution in [1.82, 2.24) is 9.80 Å². The van der Waals surface area contributed by atoms with Crippen LogP contribution < -0.4 is 5.32 Å². The van der Waals surface area contributed by atoms with Crippen LogP contribution in [0.4, 0.5) is 5.69 Å². The van der Waals surface area contributed by atoms with E-state index in [0.717, 1.165) is 44.0 Å². The average Bonchev–Trinajstić information content (AvgIpc) is 2.48. The highest BCUT2D eigenvalue weighted by molar-refractivity contribution is 5.98. The number of rotatable bonds is 4. The molecule has 1 aliphatic heterocycles. The van der Waals surface area contributed by atoms with Crippen molar-refractivity contribution < 1.29 is 9.59 Å². The molecular formula is C16H21N3O2. The van der Waals surface area contributed by atoms with Gasteiger partial charge in [-0.05, 0) is 23.8 Å². The molecule has 1 saturated heterocycles. The number of nitrogens with one attached hydrogen (secondary N) is 1. The van der Waals surface area contributed by atoms with Gasteiger partial charge in [-0.1, -0.05) is 18.7 Å². The molecule has 1 N–H and O–H groups in total. The van der Waals surface area contributed by atoms with Crippen molar-refractivity contribution in [2.45, 2.75) is 13.5 Å². The van der Waals surface area contributed by atoms with Gasteiger partial charge in [0, 0.05) is 45.3 Å². The summed E-state index contributed by atoms with van der Waals surface area (Å²) in [7, 11) is 0. The van der Waals surface area contributed by atoms with Crippen molar-refractivity contribution in [3.05, 3.63) is 42.5 Å². The Hall–Kier alpha value is -2.14. The fraction of sp³-hybridized carbons (Fsp3) is 0.375. The second kappa shape index (κ2) is 7.04. The van der Waals surface area contributed by atoms with Crippen LogP contribution in [0.15, 0.2) is 36.9 Å². The molecule has 5 heteroatoms. The molecule has 0 aliphatic carbocycles. The van der Waals surface area contributed by atoms with Crippen LogP contribution >= 0.6 is 0 Å². The molecule has 0 bridgehead atoms. The molecule has 1 aromatic rings. The van der Waals surface area contributed by atoms with Gasteiger partial charge < -0.3 is 10.2 Å². The summed E-state index contributed by atoms with van der Waals surface area (Å²) < 4.78 is 0. The van der Waals surface area contributed by atoms with Crippen molar-refractivity contribution in [2.24, 2.45) is 0 Å². The van der Waals surface area contributed by atoms with Gasteiger partial charge in [-0.3, -0.25) is 14.5 Å². The molecule has 1 heterocycles. The van der Waals surface area contributed by atoms with Gasteiger partial charge in [0.05, 0.1) is 0 Å². The quantitative estimate of drug-likeness (QED) is 0.853. The Morgan fingerprint density at radius 3 is 2.62 bits per heavy atom. The van der Waals surface area contributed by atoms with E-state index in [1.54, 1.807) is 6.92 Å². The van der Waals surface area contributed by atoms with E-state index in [4.69, 9.17) is 0 Å². The molecule has 112 valence electrons. The van der Waals surface area contributed by atoms with Crippen LogP contribution in [0.25, 0.3) is 0 Å². The lowest BCUT2D eigenvalue weighted by Gasteiger charge is -2.34. The Labute approximate surface area is 125 Å². The van der Waals surface area contributed by atoms with E-state index in [2.05, 4.69) is 16.8 Å². The average molecular weight is 287 g/mol. The van der Waals surface area contributed by atoms with Gasteiger partial charge in [0.15, 0.2) is 0 Å². The fourth-order valence-electron chi connectivity index (χ4n) is 2.42. The summed E-state index contributed by atoms with van der Waals surface area (Å²) in [5.41, 5.74) is 1.92. The molecule has 21 heavy (non-hydrogen) atoms. The first-order valence-corrected chi connectivity index (χ1v) is 7.08. The number of anilines is 1. The summed E-state index contributed by atoms with van der Waals surface area (Å²) in [5.74, 6) is -0.0639. The molecule has 1 aliphatic rings. The normalized spacial score (nSPS) is 15.6. The summed E-state index contributed by atoms with van der Waals surface area (Å²) >= 11 is 0. The highest BCUT2D eigenvalue weighted by Gasteiger charge is 2.18. The molecule has 0 atom stereocenters. The van der Waals surface area contributed by atoms with Crippen LogP contribution in [-0.4, -0.2) is 47.8 Å². The molecule has 0 unspecified atom stereocenters. The molecule has 0 spiro atoms. The van der Waals surface area contributed by atoms with Crippen molar-refractivity contribution in [3.63, 3.8) is 0 Å². The lowest BCUT2D eigenvalue weighted by Crippen LogP contribution is -2.47. The summed E-state index contributed by atoms with van der Waals surface area (Å²) in [5, 5.41) is 2.76. The van der Waals surface area contributed by atoms with Crippen LogP contribution in [0.3, 0.4) is 0 Å². The summed E-state index contributed by atoms with van der Waals surface area (Å²) in [6.45, 7) is 9.19.